The third kappa shape index (κ3) is 4.21. The summed E-state index contributed by atoms with van der Waals surface area (Å²) in [6.45, 7) is 3.80. The van der Waals surface area contributed by atoms with Gasteiger partial charge in [-0.2, -0.15) is 0 Å². The van der Waals surface area contributed by atoms with Gasteiger partial charge in [0.05, 0.1) is 0 Å². The minimum Gasteiger partial charge on any atom is -0.484 e. The first-order valence-electron chi connectivity index (χ1n) is 7.01. The predicted molar refractivity (Wildman–Crippen MR) is 82.8 cm³/mol. The number of nitrogens with two attached hydrogens (primary N) is 1. The molecular weight excluding hydrogens is 320 g/mol. The van der Waals surface area contributed by atoms with Crippen LogP contribution in [-0.2, 0) is 11.2 Å². The maximum Gasteiger partial charge on any atom is 0.260 e. The van der Waals surface area contributed by atoms with E-state index >= 15 is 0 Å². The van der Waals surface area contributed by atoms with E-state index in [0.29, 0.717) is 0 Å². The van der Waals surface area contributed by atoms with Crippen molar-refractivity contribution in [1.82, 2.24) is 4.90 Å². The minimum atomic E-state index is 0.0687. The normalized spacial score (nSPS) is 16.2. The van der Waals surface area contributed by atoms with Crippen molar-refractivity contribution in [3.63, 3.8) is 0 Å². The number of rotatable bonds is 5. The van der Waals surface area contributed by atoms with Crippen LogP contribution in [0, 0.1) is 0 Å². The van der Waals surface area contributed by atoms with E-state index in [2.05, 4.69) is 15.9 Å². The highest BCUT2D eigenvalue weighted by Gasteiger charge is 2.18. The average molecular weight is 341 g/mol. The Labute approximate surface area is 128 Å². The van der Waals surface area contributed by atoms with Crippen LogP contribution in [-0.4, -0.2) is 36.5 Å². The van der Waals surface area contributed by atoms with Crippen LogP contribution < -0.4 is 10.5 Å². The van der Waals surface area contributed by atoms with Crippen molar-refractivity contribution in [1.29, 1.82) is 0 Å². The molecule has 1 amide bonds. The Balaban J connectivity index is 1.93. The van der Waals surface area contributed by atoms with Crippen molar-refractivity contribution in [2.24, 2.45) is 5.73 Å². The second-order valence-electron chi connectivity index (χ2n) is 5.31. The molecular formula is C15H21BrN2O2. The number of carbonyl (C=O) groups excluding carboxylic acids is 1. The Morgan fingerprint density at radius 1 is 1.45 bits per heavy atom. The lowest BCUT2D eigenvalue weighted by atomic mass is 10.1. The van der Waals surface area contributed by atoms with Gasteiger partial charge < -0.3 is 15.4 Å². The zero-order chi connectivity index (χ0) is 14.5. The summed E-state index contributed by atoms with van der Waals surface area (Å²) in [6, 6.07) is 5.84. The van der Waals surface area contributed by atoms with E-state index in [1.165, 1.54) is 0 Å². The van der Waals surface area contributed by atoms with Gasteiger partial charge in [-0.15, -0.1) is 0 Å². The Kier molecular flexibility index (Phi) is 5.43. The molecule has 0 spiro atoms. The molecule has 1 saturated heterocycles. The number of benzene rings is 1. The number of hydrogen-bond donors (Lipinski definition) is 1. The van der Waals surface area contributed by atoms with Crippen LogP contribution in [0.3, 0.4) is 0 Å². The van der Waals surface area contributed by atoms with Crippen LogP contribution >= 0.6 is 15.9 Å². The molecule has 0 aliphatic carbocycles. The van der Waals surface area contributed by atoms with Crippen molar-refractivity contribution in [3.8, 4) is 5.75 Å². The molecule has 0 saturated carbocycles. The second kappa shape index (κ2) is 7.09. The fraction of sp³-hybridized carbons (Fsp3) is 0.533. The van der Waals surface area contributed by atoms with Crippen molar-refractivity contribution in [2.75, 3.05) is 19.7 Å². The Bertz CT molecular complexity index is 471. The Morgan fingerprint density at radius 3 is 2.80 bits per heavy atom. The van der Waals surface area contributed by atoms with Crippen molar-refractivity contribution in [2.45, 2.75) is 32.2 Å². The molecule has 0 radical (unpaired) electrons. The zero-order valence-corrected chi connectivity index (χ0v) is 13.4. The van der Waals surface area contributed by atoms with Gasteiger partial charge in [0, 0.05) is 23.6 Å². The van der Waals surface area contributed by atoms with E-state index in [9.17, 15) is 4.79 Å². The number of nitrogens with zero attached hydrogens (tertiary/aromatic N) is 1. The first-order valence-corrected chi connectivity index (χ1v) is 7.80. The maximum absolute atomic E-state index is 11.9. The number of carbonyl (C=O) groups is 1. The fourth-order valence-corrected chi connectivity index (χ4v) is 2.76. The molecule has 1 fully saturated rings. The van der Waals surface area contributed by atoms with Gasteiger partial charge in [-0.25, -0.2) is 0 Å². The van der Waals surface area contributed by atoms with E-state index in [0.717, 1.165) is 48.1 Å². The van der Waals surface area contributed by atoms with E-state index in [1.54, 1.807) is 0 Å². The monoisotopic (exact) mass is 340 g/mol. The average Bonchev–Trinajstić information content (AvgIpc) is 2.92. The van der Waals surface area contributed by atoms with E-state index < -0.39 is 0 Å². The molecule has 1 aromatic rings. The summed E-state index contributed by atoms with van der Waals surface area (Å²) >= 11 is 3.51. The van der Waals surface area contributed by atoms with Crippen LogP contribution in [0.2, 0.25) is 0 Å². The summed E-state index contributed by atoms with van der Waals surface area (Å²) in [5.74, 6) is 0.788. The molecule has 2 N–H and O–H groups in total. The summed E-state index contributed by atoms with van der Waals surface area (Å²) in [4.78, 5) is 13.8. The largest absolute Gasteiger partial charge is 0.484 e. The highest BCUT2D eigenvalue weighted by atomic mass is 79.9. The standard InChI is InChI=1S/C15H21BrN2O2/c1-11(17)8-12-9-13(4-5-14(12)16)20-10-15(19)18-6-2-3-7-18/h4-5,9,11H,2-3,6-8,10,17H2,1H3. The molecule has 0 bridgehead atoms. The number of hydrogen-bond acceptors (Lipinski definition) is 3. The maximum atomic E-state index is 11.9. The highest BCUT2D eigenvalue weighted by molar-refractivity contribution is 9.10. The van der Waals surface area contributed by atoms with E-state index in [4.69, 9.17) is 10.5 Å². The van der Waals surface area contributed by atoms with Gasteiger partial charge in [-0.3, -0.25) is 4.79 Å². The lowest BCUT2D eigenvalue weighted by Crippen LogP contribution is -2.32. The van der Waals surface area contributed by atoms with Gasteiger partial charge in [0.2, 0.25) is 0 Å². The third-order valence-electron chi connectivity index (χ3n) is 3.38. The van der Waals surface area contributed by atoms with Crippen molar-refractivity contribution in [3.05, 3.63) is 28.2 Å². The zero-order valence-electron chi connectivity index (χ0n) is 11.8. The molecule has 1 aliphatic heterocycles. The topological polar surface area (TPSA) is 55.6 Å². The Morgan fingerprint density at radius 2 is 2.15 bits per heavy atom. The molecule has 5 heteroatoms. The van der Waals surface area contributed by atoms with Crippen LogP contribution in [0.25, 0.3) is 0 Å². The predicted octanol–water partition coefficient (Wildman–Crippen LogP) is 2.34. The van der Waals surface area contributed by atoms with Crippen LogP contribution in [0.15, 0.2) is 22.7 Å². The quantitative estimate of drug-likeness (QED) is 0.894. The van der Waals surface area contributed by atoms with Crippen LogP contribution in [0.5, 0.6) is 5.75 Å². The third-order valence-corrected chi connectivity index (χ3v) is 4.15. The van der Waals surface area contributed by atoms with E-state index in [-0.39, 0.29) is 18.6 Å². The van der Waals surface area contributed by atoms with Gasteiger partial charge in [-0.05, 0) is 49.9 Å². The summed E-state index contributed by atoms with van der Waals surface area (Å²) < 4.78 is 6.63. The van der Waals surface area contributed by atoms with Crippen molar-refractivity contribution < 1.29 is 9.53 Å². The summed E-state index contributed by atoms with van der Waals surface area (Å²) in [5, 5.41) is 0. The summed E-state index contributed by atoms with van der Waals surface area (Å²) in [7, 11) is 0. The Hall–Kier alpha value is -1.07. The molecule has 2 rings (SSSR count). The van der Waals surface area contributed by atoms with Gasteiger partial charge >= 0.3 is 0 Å². The van der Waals surface area contributed by atoms with E-state index in [1.807, 2.05) is 30.0 Å². The first-order chi connectivity index (χ1) is 9.56. The van der Waals surface area contributed by atoms with Crippen molar-refractivity contribution >= 4 is 21.8 Å². The number of amides is 1. The smallest absolute Gasteiger partial charge is 0.260 e. The lowest BCUT2D eigenvalue weighted by Gasteiger charge is -2.16. The van der Waals surface area contributed by atoms with Crippen LogP contribution in [0.4, 0.5) is 0 Å². The molecule has 1 heterocycles. The van der Waals surface area contributed by atoms with Gasteiger partial charge in [0.25, 0.3) is 5.91 Å². The highest BCUT2D eigenvalue weighted by Crippen LogP contribution is 2.23. The molecule has 1 aromatic carbocycles. The molecule has 4 nitrogen and oxygen atoms in total. The second-order valence-corrected chi connectivity index (χ2v) is 6.17. The molecule has 110 valence electrons. The fourth-order valence-electron chi connectivity index (χ4n) is 2.35. The van der Waals surface area contributed by atoms with Crippen LogP contribution in [0.1, 0.15) is 25.3 Å². The molecule has 1 aliphatic rings. The SMILES string of the molecule is CC(N)Cc1cc(OCC(=O)N2CCCC2)ccc1Br. The van der Waals surface area contributed by atoms with Gasteiger partial charge in [-0.1, -0.05) is 15.9 Å². The number of halogens is 1. The summed E-state index contributed by atoms with van der Waals surface area (Å²) in [6.07, 6.45) is 2.98. The molecule has 1 unspecified atom stereocenters. The minimum absolute atomic E-state index is 0.0687. The molecule has 0 aromatic heterocycles. The first kappa shape index (κ1) is 15.3. The van der Waals surface area contributed by atoms with Gasteiger partial charge in [0.15, 0.2) is 6.61 Å². The molecule has 20 heavy (non-hydrogen) atoms. The summed E-state index contributed by atoms with van der Waals surface area (Å²) in [5.41, 5.74) is 6.93. The number of ether oxygens (including phenoxy) is 1. The number of likely N-dealkylation sites (tertiary alicyclic amines) is 1. The van der Waals surface area contributed by atoms with Gasteiger partial charge in [0.1, 0.15) is 5.75 Å². The molecule has 1 atom stereocenters. The lowest BCUT2D eigenvalue weighted by molar-refractivity contribution is -0.132.